The van der Waals surface area contributed by atoms with Crippen molar-refractivity contribution in [1.29, 1.82) is 0 Å². The third kappa shape index (κ3) is 2.56. The second kappa shape index (κ2) is 5.42. The molecule has 2 aromatic rings. The molecule has 0 amide bonds. The zero-order valence-corrected chi connectivity index (χ0v) is 11.2. The fraction of sp³-hybridized carbons (Fsp3) is 0.500. The van der Waals surface area contributed by atoms with Crippen molar-refractivity contribution in [2.45, 2.75) is 20.8 Å². The van der Waals surface area contributed by atoms with Crippen molar-refractivity contribution in [1.82, 2.24) is 9.97 Å². The van der Waals surface area contributed by atoms with Crippen LogP contribution >= 0.6 is 11.3 Å². The molecular formula is C12H17N3OS. The van der Waals surface area contributed by atoms with Gasteiger partial charge in [-0.1, -0.05) is 0 Å². The topological polar surface area (TPSA) is 47.0 Å². The van der Waals surface area contributed by atoms with E-state index in [2.05, 4.69) is 29.1 Å². The molecule has 0 aliphatic rings. The Bertz CT molecular complexity index is 510. The molecule has 1 N–H and O–H groups in total. The molecule has 0 spiro atoms. The van der Waals surface area contributed by atoms with Gasteiger partial charge in [0, 0.05) is 18.0 Å². The van der Waals surface area contributed by atoms with Crippen molar-refractivity contribution < 1.29 is 4.74 Å². The fourth-order valence-corrected chi connectivity index (χ4v) is 2.70. The maximum atomic E-state index is 5.30. The van der Waals surface area contributed by atoms with Gasteiger partial charge < -0.3 is 10.1 Å². The maximum Gasteiger partial charge on any atom is 0.138 e. The molecule has 0 atom stereocenters. The van der Waals surface area contributed by atoms with Gasteiger partial charge in [0.2, 0.25) is 0 Å². The molecule has 92 valence electrons. The predicted octanol–water partition coefficient (Wildman–Crippen LogP) is 2.76. The van der Waals surface area contributed by atoms with E-state index in [1.165, 1.54) is 10.4 Å². The van der Waals surface area contributed by atoms with E-state index in [4.69, 9.17) is 4.74 Å². The van der Waals surface area contributed by atoms with Gasteiger partial charge in [-0.05, 0) is 26.3 Å². The highest BCUT2D eigenvalue weighted by molar-refractivity contribution is 7.18. The number of hydrogen-bond donors (Lipinski definition) is 1. The molecule has 17 heavy (non-hydrogen) atoms. The van der Waals surface area contributed by atoms with Gasteiger partial charge in [0.1, 0.15) is 17.0 Å². The monoisotopic (exact) mass is 251 g/mol. The standard InChI is InChI=1S/C12H17N3OS/c1-4-16-6-5-13-11-10-8(2)9(3)17-12(10)15-7-14-11/h7H,4-6H2,1-3H3,(H,13,14,15). The number of hydrogen-bond acceptors (Lipinski definition) is 5. The Balaban J connectivity index is 2.21. The van der Waals surface area contributed by atoms with Gasteiger partial charge in [-0.3, -0.25) is 0 Å². The predicted molar refractivity (Wildman–Crippen MR) is 71.9 cm³/mol. The van der Waals surface area contributed by atoms with Gasteiger partial charge in [-0.25, -0.2) is 9.97 Å². The lowest BCUT2D eigenvalue weighted by atomic mass is 10.2. The first-order valence-corrected chi connectivity index (χ1v) is 6.58. The van der Waals surface area contributed by atoms with E-state index >= 15 is 0 Å². The number of nitrogens with zero attached hydrogens (tertiary/aromatic N) is 2. The van der Waals surface area contributed by atoms with E-state index in [1.54, 1.807) is 17.7 Å². The van der Waals surface area contributed by atoms with Gasteiger partial charge in [0.05, 0.1) is 12.0 Å². The van der Waals surface area contributed by atoms with Gasteiger partial charge in [-0.2, -0.15) is 0 Å². The molecule has 0 aliphatic carbocycles. The Kier molecular flexibility index (Phi) is 3.91. The average Bonchev–Trinajstić information content (AvgIpc) is 2.62. The minimum atomic E-state index is 0.699. The third-order valence-corrected chi connectivity index (χ3v) is 3.82. The van der Waals surface area contributed by atoms with Crippen molar-refractivity contribution in [2.24, 2.45) is 0 Å². The van der Waals surface area contributed by atoms with Gasteiger partial charge >= 0.3 is 0 Å². The molecule has 2 heterocycles. The number of nitrogens with one attached hydrogen (secondary N) is 1. The summed E-state index contributed by atoms with van der Waals surface area (Å²) in [7, 11) is 0. The molecule has 0 unspecified atom stereocenters. The SMILES string of the molecule is CCOCCNc1ncnc2sc(C)c(C)c12. The van der Waals surface area contributed by atoms with E-state index in [0.29, 0.717) is 6.61 Å². The summed E-state index contributed by atoms with van der Waals surface area (Å²) >= 11 is 1.71. The summed E-state index contributed by atoms with van der Waals surface area (Å²) in [6, 6.07) is 0. The van der Waals surface area contributed by atoms with Crippen LogP contribution < -0.4 is 5.32 Å². The Morgan fingerprint density at radius 3 is 2.94 bits per heavy atom. The van der Waals surface area contributed by atoms with Gasteiger partial charge in [-0.15, -0.1) is 11.3 Å². The lowest BCUT2D eigenvalue weighted by Crippen LogP contribution is -2.10. The number of rotatable bonds is 5. The zero-order chi connectivity index (χ0) is 12.3. The van der Waals surface area contributed by atoms with Crippen LogP contribution in [0.15, 0.2) is 6.33 Å². The molecule has 0 saturated carbocycles. The van der Waals surface area contributed by atoms with Crippen LogP contribution in [0.1, 0.15) is 17.4 Å². The third-order valence-electron chi connectivity index (χ3n) is 2.71. The second-order valence-corrected chi connectivity index (χ2v) is 5.01. The zero-order valence-electron chi connectivity index (χ0n) is 10.4. The molecule has 0 radical (unpaired) electrons. The quantitative estimate of drug-likeness (QED) is 0.830. The summed E-state index contributed by atoms with van der Waals surface area (Å²) in [5.74, 6) is 0.913. The number of thiophene rings is 1. The maximum absolute atomic E-state index is 5.30. The van der Waals surface area contributed by atoms with Crippen LogP contribution in [0.25, 0.3) is 10.2 Å². The van der Waals surface area contributed by atoms with E-state index in [9.17, 15) is 0 Å². The van der Waals surface area contributed by atoms with Gasteiger partial charge in [0.15, 0.2) is 0 Å². The van der Waals surface area contributed by atoms with E-state index in [-0.39, 0.29) is 0 Å². The van der Waals surface area contributed by atoms with Crippen molar-refractivity contribution in [3.05, 3.63) is 16.8 Å². The van der Waals surface area contributed by atoms with Crippen LogP contribution in [0.5, 0.6) is 0 Å². The molecule has 0 fully saturated rings. The van der Waals surface area contributed by atoms with Crippen LogP contribution in [0.4, 0.5) is 5.82 Å². The normalized spacial score (nSPS) is 11.0. The van der Waals surface area contributed by atoms with Crippen molar-refractivity contribution in [2.75, 3.05) is 25.1 Å². The minimum Gasteiger partial charge on any atom is -0.380 e. The highest BCUT2D eigenvalue weighted by Crippen LogP contribution is 2.32. The first-order valence-electron chi connectivity index (χ1n) is 5.76. The summed E-state index contributed by atoms with van der Waals surface area (Å²) in [4.78, 5) is 11.0. The average molecular weight is 251 g/mol. The smallest absolute Gasteiger partial charge is 0.138 e. The molecule has 2 aromatic heterocycles. The molecule has 4 nitrogen and oxygen atoms in total. The van der Waals surface area contributed by atoms with E-state index < -0.39 is 0 Å². The Hall–Kier alpha value is -1.20. The first kappa shape index (κ1) is 12.3. The first-order chi connectivity index (χ1) is 8.24. The molecule has 0 aliphatic heterocycles. The van der Waals surface area contributed by atoms with Crippen LogP contribution in [0, 0.1) is 13.8 Å². The lowest BCUT2D eigenvalue weighted by Gasteiger charge is -2.07. The number of anilines is 1. The summed E-state index contributed by atoms with van der Waals surface area (Å²) < 4.78 is 5.30. The van der Waals surface area contributed by atoms with Gasteiger partial charge in [0.25, 0.3) is 0 Å². The van der Waals surface area contributed by atoms with E-state index in [1.807, 2.05) is 6.92 Å². The molecular weight excluding hydrogens is 234 g/mol. The minimum absolute atomic E-state index is 0.699. The molecule has 2 rings (SSSR count). The van der Waals surface area contributed by atoms with Crippen molar-refractivity contribution in [3.8, 4) is 0 Å². The highest BCUT2D eigenvalue weighted by atomic mass is 32.1. The summed E-state index contributed by atoms with van der Waals surface area (Å²) in [5.41, 5.74) is 1.27. The molecule has 0 aromatic carbocycles. The number of ether oxygens (including phenoxy) is 1. The van der Waals surface area contributed by atoms with Crippen LogP contribution in [-0.2, 0) is 4.74 Å². The van der Waals surface area contributed by atoms with Crippen molar-refractivity contribution in [3.63, 3.8) is 0 Å². The largest absolute Gasteiger partial charge is 0.380 e. The molecule has 5 heteroatoms. The van der Waals surface area contributed by atoms with Crippen LogP contribution in [0.3, 0.4) is 0 Å². The van der Waals surface area contributed by atoms with Crippen molar-refractivity contribution >= 4 is 27.4 Å². The Morgan fingerprint density at radius 2 is 2.18 bits per heavy atom. The second-order valence-electron chi connectivity index (χ2n) is 3.81. The Labute approximate surface area is 105 Å². The Morgan fingerprint density at radius 1 is 1.35 bits per heavy atom. The summed E-state index contributed by atoms with van der Waals surface area (Å²) in [5, 5.41) is 4.45. The van der Waals surface area contributed by atoms with Crippen LogP contribution in [-0.4, -0.2) is 29.7 Å². The molecule has 0 bridgehead atoms. The molecule has 0 saturated heterocycles. The van der Waals surface area contributed by atoms with Crippen LogP contribution in [0.2, 0.25) is 0 Å². The summed E-state index contributed by atoms with van der Waals surface area (Å²) in [6.07, 6.45) is 1.61. The number of aryl methyl sites for hydroxylation is 2. The van der Waals surface area contributed by atoms with E-state index in [0.717, 1.165) is 29.2 Å². The summed E-state index contributed by atoms with van der Waals surface area (Å²) in [6.45, 7) is 8.45. The highest BCUT2D eigenvalue weighted by Gasteiger charge is 2.11. The number of fused-ring (bicyclic) bond motifs is 1. The number of aromatic nitrogens is 2. The fourth-order valence-electron chi connectivity index (χ4n) is 1.70. The lowest BCUT2D eigenvalue weighted by molar-refractivity contribution is 0.158.